The summed E-state index contributed by atoms with van der Waals surface area (Å²) in [6, 6.07) is 2.98. The highest BCUT2D eigenvalue weighted by Gasteiger charge is 2.22. The average molecular weight is 232 g/mol. The third-order valence-electron chi connectivity index (χ3n) is 2.21. The maximum atomic E-state index is 13.4. The highest BCUT2D eigenvalue weighted by Crippen LogP contribution is 2.28. The molecule has 0 fully saturated rings. The molecule has 1 unspecified atom stereocenters. The molecule has 0 saturated carbocycles. The number of carboxylic acids is 1. The van der Waals surface area contributed by atoms with Crippen molar-refractivity contribution in [3.8, 4) is 0 Å². The van der Waals surface area contributed by atoms with Crippen LogP contribution >= 0.6 is 11.6 Å². The molecule has 1 atom stereocenters. The van der Waals surface area contributed by atoms with E-state index in [2.05, 4.69) is 0 Å². The normalized spacial score (nSPS) is 12.5. The van der Waals surface area contributed by atoms with Crippen molar-refractivity contribution in [3.63, 3.8) is 0 Å². The van der Waals surface area contributed by atoms with Gasteiger partial charge in [-0.1, -0.05) is 23.7 Å². The third-order valence-corrected chi connectivity index (χ3v) is 2.60. The zero-order valence-corrected chi connectivity index (χ0v) is 8.88. The SMILES string of the molecule is Cc1ccc(C(CN)C(=O)O)c(Cl)c1F. The van der Waals surface area contributed by atoms with Crippen LogP contribution in [0.25, 0.3) is 0 Å². The minimum Gasteiger partial charge on any atom is -0.481 e. The topological polar surface area (TPSA) is 63.3 Å². The molecule has 5 heteroatoms. The minimum atomic E-state index is -1.11. The van der Waals surface area contributed by atoms with Crippen LogP contribution in [-0.4, -0.2) is 17.6 Å². The van der Waals surface area contributed by atoms with Crippen LogP contribution in [0.15, 0.2) is 12.1 Å². The Balaban J connectivity index is 3.25. The first kappa shape index (κ1) is 11.9. The van der Waals surface area contributed by atoms with Gasteiger partial charge in [0.2, 0.25) is 0 Å². The van der Waals surface area contributed by atoms with Crippen molar-refractivity contribution in [3.05, 3.63) is 34.1 Å². The van der Waals surface area contributed by atoms with Crippen LogP contribution in [0.1, 0.15) is 17.0 Å². The van der Waals surface area contributed by atoms with Crippen molar-refractivity contribution in [1.29, 1.82) is 0 Å². The molecule has 0 aromatic heterocycles. The summed E-state index contributed by atoms with van der Waals surface area (Å²) in [4.78, 5) is 10.8. The predicted octanol–water partition coefficient (Wildman–Crippen LogP) is 1.91. The van der Waals surface area contributed by atoms with E-state index in [1.165, 1.54) is 12.1 Å². The molecule has 1 rings (SSSR count). The number of carboxylic acid groups (broad SMARTS) is 1. The van der Waals surface area contributed by atoms with Gasteiger partial charge in [-0.2, -0.15) is 0 Å². The molecular weight excluding hydrogens is 221 g/mol. The van der Waals surface area contributed by atoms with E-state index in [1.54, 1.807) is 6.92 Å². The number of benzene rings is 1. The van der Waals surface area contributed by atoms with Crippen molar-refractivity contribution in [1.82, 2.24) is 0 Å². The van der Waals surface area contributed by atoms with Gasteiger partial charge in [0.25, 0.3) is 0 Å². The molecule has 15 heavy (non-hydrogen) atoms. The van der Waals surface area contributed by atoms with E-state index >= 15 is 0 Å². The Morgan fingerprint density at radius 1 is 1.67 bits per heavy atom. The first-order valence-corrected chi connectivity index (χ1v) is 4.74. The van der Waals surface area contributed by atoms with Gasteiger partial charge in [0, 0.05) is 6.54 Å². The van der Waals surface area contributed by atoms with Crippen LogP contribution in [0.3, 0.4) is 0 Å². The Morgan fingerprint density at radius 2 is 2.27 bits per heavy atom. The van der Waals surface area contributed by atoms with Crippen molar-refractivity contribution < 1.29 is 14.3 Å². The van der Waals surface area contributed by atoms with Gasteiger partial charge >= 0.3 is 5.97 Å². The lowest BCUT2D eigenvalue weighted by molar-refractivity contribution is -0.138. The van der Waals surface area contributed by atoms with E-state index in [-0.39, 0.29) is 17.1 Å². The van der Waals surface area contributed by atoms with Crippen molar-refractivity contribution in [2.45, 2.75) is 12.8 Å². The summed E-state index contributed by atoms with van der Waals surface area (Å²) >= 11 is 5.72. The van der Waals surface area contributed by atoms with Crippen LogP contribution in [0.4, 0.5) is 4.39 Å². The van der Waals surface area contributed by atoms with Crippen LogP contribution < -0.4 is 5.73 Å². The monoisotopic (exact) mass is 231 g/mol. The van der Waals surface area contributed by atoms with Crippen molar-refractivity contribution in [2.75, 3.05) is 6.54 Å². The van der Waals surface area contributed by atoms with Crippen LogP contribution in [-0.2, 0) is 4.79 Å². The highest BCUT2D eigenvalue weighted by atomic mass is 35.5. The number of halogens is 2. The molecule has 82 valence electrons. The number of hydrogen-bond donors (Lipinski definition) is 2. The fourth-order valence-electron chi connectivity index (χ4n) is 1.29. The van der Waals surface area contributed by atoms with Gasteiger partial charge in [0.05, 0.1) is 10.9 Å². The fraction of sp³-hybridized carbons (Fsp3) is 0.300. The second-order valence-corrected chi connectivity index (χ2v) is 3.60. The maximum absolute atomic E-state index is 13.4. The van der Waals surface area contributed by atoms with E-state index < -0.39 is 17.7 Å². The van der Waals surface area contributed by atoms with Crippen LogP contribution in [0.5, 0.6) is 0 Å². The summed E-state index contributed by atoms with van der Waals surface area (Å²) in [7, 11) is 0. The first-order chi connectivity index (χ1) is 6.99. The van der Waals surface area contributed by atoms with Gasteiger partial charge in [-0.25, -0.2) is 4.39 Å². The third kappa shape index (κ3) is 2.27. The molecule has 0 bridgehead atoms. The molecule has 0 amide bonds. The summed E-state index contributed by atoms with van der Waals surface area (Å²) < 4.78 is 13.4. The molecule has 0 radical (unpaired) electrons. The molecule has 3 nitrogen and oxygen atoms in total. The first-order valence-electron chi connectivity index (χ1n) is 4.36. The zero-order chi connectivity index (χ0) is 11.6. The summed E-state index contributed by atoms with van der Waals surface area (Å²) in [5.74, 6) is -2.66. The Bertz CT molecular complexity index is 395. The molecule has 0 saturated heterocycles. The lowest BCUT2D eigenvalue weighted by Crippen LogP contribution is -2.21. The van der Waals surface area contributed by atoms with Gasteiger partial charge in [-0.05, 0) is 18.1 Å². The molecule has 0 heterocycles. The standard InChI is InChI=1S/C10H11ClFNO2/c1-5-2-3-6(8(11)9(5)12)7(4-13)10(14)15/h2-3,7H,4,13H2,1H3,(H,14,15). The second kappa shape index (κ2) is 4.59. The molecular formula is C10H11ClFNO2. The Morgan fingerprint density at radius 3 is 2.73 bits per heavy atom. The number of aliphatic carboxylic acids is 1. The second-order valence-electron chi connectivity index (χ2n) is 3.23. The Labute approximate surface area is 91.7 Å². The summed E-state index contributed by atoms with van der Waals surface area (Å²) in [5.41, 5.74) is 5.90. The van der Waals surface area contributed by atoms with Crippen molar-refractivity contribution >= 4 is 17.6 Å². The van der Waals surface area contributed by atoms with E-state index in [4.69, 9.17) is 22.4 Å². The van der Waals surface area contributed by atoms with Gasteiger partial charge in [-0.3, -0.25) is 4.79 Å². The molecule has 3 N–H and O–H groups in total. The van der Waals surface area contributed by atoms with E-state index in [9.17, 15) is 9.18 Å². The van der Waals surface area contributed by atoms with Gasteiger partial charge in [0.1, 0.15) is 5.82 Å². The number of nitrogens with two attached hydrogens (primary N) is 1. The predicted molar refractivity (Wildman–Crippen MR) is 55.6 cm³/mol. The molecule has 1 aromatic rings. The average Bonchev–Trinajstić information content (AvgIpc) is 2.18. The number of aryl methyl sites for hydroxylation is 1. The molecule has 0 aliphatic carbocycles. The van der Waals surface area contributed by atoms with E-state index in [1.807, 2.05) is 0 Å². The van der Waals surface area contributed by atoms with Crippen LogP contribution in [0.2, 0.25) is 5.02 Å². The quantitative estimate of drug-likeness (QED) is 0.835. The lowest BCUT2D eigenvalue weighted by Gasteiger charge is -2.13. The maximum Gasteiger partial charge on any atom is 0.312 e. The van der Waals surface area contributed by atoms with Gasteiger partial charge in [0.15, 0.2) is 0 Å². The molecule has 0 spiro atoms. The fourth-order valence-corrected chi connectivity index (χ4v) is 1.63. The summed E-state index contributed by atoms with van der Waals surface area (Å²) in [5, 5.41) is 8.69. The Kier molecular flexibility index (Phi) is 3.66. The summed E-state index contributed by atoms with van der Waals surface area (Å²) in [6.07, 6.45) is 0. The number of rotatable bonds is 3. The molecule has 0 aliphatic heterocycles. The molecule has 0 aliphatic rings. The zero-order valence-electron chi connectivity index (χ0n) is 8.13. The van der Waals surface area contributed by atoms with Crippen molar-refractivity contribution in [2.24, 2.45) is 5.73 Å². The van der Waals surface area contributed by atoms with Crippen LogP contribution in [0, 0.1) is 12.7 Å². The van der Waals surface area contributed by atoms with Gasteiger partial charge in [-0.15, -0.1) is 0 Å². The highest BCUT2D eigenvalue weighted by molar-refractivity contribution is 6.31. The number of hydrogen-bond acceptors (Lipinski definition) is 2. The smallest absolute Gasteiger partial charge is 0.312 e. The number of carbonyl (C=O) groups is 1. The largest absolute Gasteiger partial charge is 0.481 e. The van der Waals surface area contributed by atoms with E-state index in [0.29, 0.717) is 5.56 Å². The van der Waals surface area contributed by atoms with E-state index in [0.717, 1.165) is 0 Å². The Hall–Kier alpha value is -1.13. The molecule has 1 aromatic carbocycles. The van der Waals surface area contributed by atoms with Gasteiger partial charge < -0.3 is 10.8 Å². The minimum absolute atomic E-state index is 0.114. The lowest BCUT2D eigenvalue weighted by atomic mass is 9.98. The summed E-state index contributed by atoms with van der Waals surface area (Å²) in [6.45, 7) is 1.45.